The van der Waals surface area contributed by atoms with Gasteiger partial charge in [-0.05, 0) is 48.1 Å². The molecule has 0 unspecified atom stereocenters. The number of rotatable bonds is 7. The number of hydrogen-bond acceptors (Lipinski definition) is 4. The van der Waals surface area contributed by atoms with Crippen LogP contribution in [0.4, 0.5) is 5.69 Å². The molecule has 0 aliphatic carbocycles. The van der Waals surface area contributed by atoms with Gasteiger partial charge in [0.25, 0.3) is 0 Å². The van der Waals surface area contributed by atoms with Gasteiger partial charge in [-0.15, -0.1) is 0 Å². The second-order valence-corrected chi connectivity index (χ2v) is 10.8. The lowest BCUT2D eigenvalue weighted by molar-refractivity contribution is -0.134. The van der Waals surface area contributed by atoms with E-state index in [0.717, 1.165) is 17.5 Å². The van der Waals surface area contributed by atoms with Crippen molar-refractivity contribution in [1.29, 1.82) is 0 Å². The lowest BCUT2D eigenvalue weighted by Crippen LogP contribution is -2.50. The number of amides is 1. The van der Waals surface area contributed by atoms with Gasteiger partial charge in [0.05, 0.1) is 10.7 Å². The number of carbonyl (C=O) groups is 1. The van der Waals surface area contributed by atoms with Gasteiger partial charge < -0.3 is 10.6 Å². The molecule has 3 aromatic carbocycles. The van der Waals surface area contributed by atoms with E-state index in [9.17, 15) is 13.2 Å². The number of hydrogen-bond donors (Lipinski definition) is 2. The smallest absolute Gasteiger partial charge is 0.244 e. The monoisotopic (exact) mass is 517 g/mol. The van der Waals surface area contributed by atoms with Crippen LogP contribution in [-0.2, 0) is 34.2 Å². The molecular formula is C25H25Cl2N3O3S. The van der Waals surface area contributed by atoms with E-state index >= 15 is 0 Å². The highest BCUT2D eigenvalue weighted by molar-refractivity contribution is 7.89. The van der Waals surface area contributed by atoms with E-state index < -0.39 is 16.1 Å². The number of halogens is 2. The molecule has 0 spiro atoms. The van der Waals surface area contributed by atoms with Crippen molar-refractivity contribution in [2.24, 2.45) is 0 Å². The second kappa shape index (κ2) is 10.4. The van der Waals surface area contributed by atoms with Crippen molar-refractivity contribution in [3.63, 3.8) is 0 Å². The number of nitrogen functional groups attached to an aromatic ring is 1. The third-order valence-electron chi connectivity index (χ3n) is 5.91. The molecule has 0 saturated carbocycles. The molecule has 0 bridgehead atoms. The van der Waals surface area contributed by atoms with Crippen LogP contribution >= 0.6 is 23.2 Å². The summed E-state index contributed by atoms with van der Waals surface area (Å²) in [5, 5.41) is 0.129. The summed E-state index contributed by atoms with van der Waals surface area (Å²) in [5.74, 6) is -0.280. The molecule has 1 heterocycles. The van der Waals surface area contributed by atoms with Gasteiger partial charge in [0.2, 0.25) is 15.9 Å². The number of benzene rings is 3. The number of aryl methyl sites for hydroxylation is 1. The van der Waals surface area contributed by atoms with E-state index in [0.29, 0.717) is 19.5 Å². The fourth-order valence-corrected chi connectivity index (χ4v) is 6.41. The van der Waals surface area contributed by atoms with Crippen LogP contribution in [0.3, 0.4) is 0 Å². The average molecular weight is 518 g/mol. The first-order valence-corrected chi connectivity index (χ1v) is 13.1. The SMILES string of the molecule is Nc1cc(Cl)cc(Cl)c1S(=O)(=O)N[C@H](CCc1ccccc1)C(=O)N1CCc2ccccc2C1. The highest BCUT2D eigenvalue weighted by atomic mass is 35.5. The number of fused-ring (bicyclic) bond motifs is 1. The number of carbonyl (C=O) groups excluding carboxylic acids is 1. The summed E-state index contributed by atoms with van der Waals surface area (Å²) in [6.07, 6.45) is 1.52. The highest BCUT2D eigenvalue weighted by Crippen LogP contribution is 2.31. The lowest BCUT2D eigenvalue weighted by Gasteiger charge is -2.32. The lowest BCUT2D eigenvalue weighted by atomic mass is 9.98. The number of sulfonamides is 1. The van der Waals surface area contributed by atoms with Crippen LogP contribution < -0.4 is 10.5 Å². The molecule has 1 atom stereocenters. The Morgan fingerprint density at radius 2 is 1.71 bits per heavy atom. The molecule has 9 heteroatoms. The fourth-order valence-electron chi connectivity index (χ4n) is 4.20. The number of nitrogens with one attached hydrogen (secondary N) is 1. The number of nitrogens with two attached hydrogens (primary N) is 1. The molecule has 0 radical (unpaired) electrons. The normalized spacial score (nSPS) is 14.5. The molecule has 1 amide bonds. The molecular weight excluding hydrogens is 493 g/mol. The summed E-state index contributed by atoms with van der Waals surface area (Å²) in [4.78, 5) is 15.0. The third-order valence-corrected chi connectivity index (χ3v) is 8.12. The maximum atomic E-state index is 13.6. The maximum Gasteiger partial charge on any atom is 0.244 e. The van der Waals surface area contributed by atoms with Gasteiger partial charge in [0, 0.05) is 18.1 Å². The van der Waals surface area contributed by atoms with Crippen LogP contribution in [0, 0.1) is 0 Å². The molecule has 0 saturated heterocycles. The van der Waals surface area contributed by atoms with Crippen molar-refractivity contribution in [3.8, 4) is 0 Å². The van der Waals surface area contributed by atoms with Crippen LogP contribution in [0.2, 0.25) is 10.0 Å². The van der Waals surface area contributed by atoms with E-state index in [2.05, 4.69) is 10.8 Å². The Morgan fingerprint density at radius 1 is 1.03 bits per heavy atom. The molecule has 1 aliphatic rings. The zero-order valence-corrected chi connectivity index (χ0v) is 20.7. The first-order valence-electron chi connectivity index (χ1n) is 10.9. The van der Waals surface area contributed by atoms with Gasteiger partial charge in [0.1, 0.15) is 10.9 Å². The number of anilines is 1. The topological polar surface area (TPSA) is 92.5 Å². The van der Waals surface area contributed by atoms with Gasteiger partial charge in [-0.2, -0.15) is 4.72 Å². The predicted octanol–water partition coefficient (Wildman–Crippen LogP) is 4.44. The van der Waals surface area contributed by atoms with E-state index in [1.54, 1.807) is 4.90 Å². The summed E-state index contributed by atoms with van der Waals surface area (Å²) >= 11 is 12.1. The largest absolute Gasteiger partial charge is 0.398 e. The third kappa shape index (κ3) is 5.55. The Kier molecular flexibility index (Phi) is 7.48. The van der Waals surface area contributed by atoms with E-state index in [1.807, 2.05) is 48.5 Å². The van der Waals surface area contributed by atoms with Crippen LogP contribution in [0.15, 0.2) is 71.6 Å². The Labute approximate surface area is 209 Å². The molecule has 0 aromatic heterocycles. The molecule has 6 nitrogen and oxygen atoms in total. The molecule has 3 N–H and O–H groups in total. The summed E-state index contributed by atoms with van der Waals surface area (Å²) in [5.41, 5.74) is 9.14. The summed E-state index contributed by atoms with van der Waals surface area (Å²) in [6, 6.07) is 19.2. The van der Waals surface area contributed by atoms with Crippen LogP contribution in [0.25, 0.3) is 0 Å². The van der Waals surface area contributed by atoms with Crippen molar-refractivity contribution < 1.29 is 13.2 Å². The number of nitrogens with zero attached hydrogens (tertiary/aromatic N) is 1. The molecule has 178 valence electrons. The summed E-state index contributed by atoms with van der Waals surface area (Å²) < 4.78 is 29.2. The van der Waals surface area contributed by atoms with Crippen molar-refractivity contribution in [3.05, 3.63) is 93.5 Å². The Hall–Kier alpha value is -2.58. The first-order chi connectivity index (χ1) is 16.2. The first kappa shape index (κ1) is 24.5. The Morgan fingerprint density at radius 3 is 2.41 bits per heavy atom. The maximum absolute atomic E-state index is 13.6. The quantitative estimate of drug-likeness (QED) is 0.453. The minimum absolute atomic E-state index is 0.0776. The van der Waals surface area contributed by atoms with Crippen LogP contribution in [-0.4, -0.2) is 31.8 Å². The van der Waals surface area contributed by atoms with Crippen molar-refractivity contribution in [2.45, 2.75) is 36.7 Å². The predicted molar refractivity (Wildman–Crippen MR) is 135 cm³/mol. The van der Waals surface area contributed by atoms with Gasteiger partial charge in [0.15, 0.2) is 0 Å². The average Bonchev–Trinajstić information content (AvgIpc) is 2.80. The molecule has 1 aliphatic heterocycles. The van der Waals surface area contributed by atoms with Gasteiger partial charge >= 0.3 is 0 Å². The van der Waals surface area contributed by atoms with Crippen molar-refractivity contribution in [1.82, 2.24) is 9.62 Å². The highest BCUT2D eigenvalue weighted by Gasteiger charge is 2.32. The zero-order chi connectivity index (χ0) is 24.3. The minimum atomic E-state index is -4.20. The van der Waals surface area contributed by atoms with Gasteiger partial charge in [-0.1, -0.05) is 77.8 Å². The van der Waals surface area contributed by atoms with E-state index in [1.165, 1.54) is 17.7 Å². The van der Waals surface area contributed by atoms with E-state index in [4.69, 9.17) is 28.9 Å². The molecule has 4 rings (SSSR count). The molecule has 3 aromatic rings. The molecule has 34 heavy (non-hydrogen) atoms. The Balaban J connectivity index is 1.61. The fraction of sp³-hybridized carbons (Fsp3) is 0.240. The Bertz CT molecular complexity index is 1280. The van der Waals surface area contributed by atoms with E-state index in [-0.39, 0.29) is 33.0 Å². The summed E-state index contributed by atoms with van der Waals surface area (Å²) in [7, 11) is -4.20. The van der Waals surface area contributed by atoms with Gasteiger partial charge in [-0.3, -0.25) is 4.79 Å². The second-order valence-electron chi connectivity index (χ2n) is 8.28. The van der Waals surface area contributed by atoms with Gasteiger partial charge in [-0.25, -0.2) is 8.42 Å². The van der Waals surface area contributed by atoms with Crippen LogP contribution in [0.1, 0.15) is 23.1 Å². The minimum Gasteiger partial charge on any atom is -0.398 e. The van der Waals surface area contributed by atoms with Crippen molar-refractivity contribution >= 4 is 44.8 Å². The van der Waals surface area contributed by atoms with Crippen molar-refractivity contribution in [2.75, 3.05) is 12.3 Å². The van der Waals surface area contributed by atoms with Crippen LogP contribution in [0.5, 0.6) is 0 Å². The molecule has 0 fully saturated rings. The zero-order valence-electron chi connectivity index (χ0n) is 18.4. The summed E-state index contributed by atoms with van der Waals surface area (Å²) in [6.45, 7) is 0.950. The standard InChI is InChI=1S/C25H25Cl2N3O3S/c26-20-14-21(27)24(22(28)15-20)34(32,33)29-23(11-10-17-6-2-1-3-7-17)25(31)30-13-12-18-8-4-5-9-19(18)16-30/h1-9,14-15,23,29H,10-13,16,28H2/t23-/m1/s1.